The minimum absolute atomic E-state index is 0.815. The highest BCUT2D eigenvalue weighted by atomic mass is 28.5. The normalized spacial score (nSPS) is 13.4. The Labute approximate surface area is 166 Å². The first-order valence-corrected chi connectivity index (χ1v) is 17.7. The summed E-state index contributed by atoms with van der Waals surface area (Å²) in [6.45, 7) is 13.1. The van der Waals surface area contributed by atoms with E-state index in [-0.39, 0.29) is 0 Å². The molecule has 0 aromatic carbocycles. The van der Waals surface area contributed by atoms with Gasteiger partial charge in [-0.05, 0) is 36.3 Å². The van der Waals surface area contributed by atoms with E-state index in [1.165, 1.54) is 0 Å². The first-order valence-electron chi connectivity index (χ1n) is 11.0. The standard InChI is InChI=1S/C19H46O4Si3/c1-8-14-24(20,15-9-2)22-26(18-12-5,19-13-6)23-25(21-7,16-10-3)17-11-4/h20H,8-19H2,1-7H3. The smallest absolute Gasteiger partial charge is 0.329 e. The number of hydrogen-bond acceptors (Lipinski definition) is 4. The van der Waals surface area contributed by atoms with Crippen molar-refractivity contribution in [3.05, 3.63) is 0 Å². The van der Waals surface area contributed by atoms with Gasteiger partial charge in [-0.3, -0.25) is 0 Å². The van der Waals surface area contributed by atoms with Gasteiger partial charge in [0.05, 0.1) is 0 Å². The Morgan fingerprint density at radius 1 is 0.538 bits per heavy atom. The van der Waals surface area contributed by atoms with E-state index in [4.69, 9.17) is 12.7 Å². The second-order valence-electron chi connectivity index (χ2n) is 7.68. The second kappa shape index (κ2) is 13.6. The second-order valence-corrected chi connectivity index (χ2v) is 18.3. The monoisotopic (exact) mass is 422 g/mol. The summed E-state index contributed by atoms with van der Waals surface area (Å²) in [6, 6.07) is 5.60. The van der Waals surface area contributed by atoms with Crippen LogP contribution in [0.1, 0.15) is 80.1 Å². The fourth-order valence-electron chi connectivity index (χ4n) is 4.04. The van der Waals surface area contributed by atoms with E-state index in [1.807, 2.05) is 7.11 Å². The van der Waals surface area contributed by atoms with Gasteiger partial charge in [-0.15, -0.1) is 0 Å². The highest BCUT2D eigenvalue weighted by molar-refractivity contribution is 6.86. The summed E-state index contributed by atoms with van der Waals surface area (Å²) >= 11 is 0. The minimum Gasteiger partial charge on any atom is -0.415 e. The van der Waals surface area contributed by atoms with Crippen LogP contribution in [0.25, 0.3) is 0 Å². The molecule has 0 spiro atoms. The van der Waals surface area contributed by atoms with Crippen molar-refractivity contribution in [2.24, 2.45) is 0 Å². The molecule has 0 aromatic heterocycles. The van der Waals surface area contributed by atoms with Crippen LogP contribution in [0.2, 0.25) is 36.3 Å². The first kappa shape index (κ1) is 26.5. The van der Waals surface area contributed by atoms with E-state index in [2.05, 4.69) is 41.5 Å². The molecular formula is C19H46O4Si3. The summed E-state index contributed by atoms with van der Waals surface area (Å²) in [7, 11) is -5.65. The molecule has 0 unspecified atom stereocenters. The Bertz CT molecular complexity index is 338. The topological polar surface area (TPSA) is 47.9 Å². The molecule has 0 aromatic rings. The van der Waals surface area contributed by atoms with E-state index in [9.17, 15) is 4.80 Å². The molecular weight excluding hydrogens is 376 g/mol. The average Bonchev–Trinajstić information content (AvgIpc) is 2.55. The molecule has 0 radical (unpaired) electrons. The minimum atomic E-state index is -2.71. The Morgan fingerprint density at radius 3 is 1.19 bits per heavy atom. The van der Waals surface area contributed by atoms with Crippen LogP contribution >= 0.6 is 0 Å². The van der Waals surface area contributed by atoms with E-state index in [0.29, 0.717) is 0 Å². The van der Waals surface area contributed by atoms with Gasteiger partial charge >= 0.3 is 25.7 Å². The number of rotatable bonds is 17. The Kier molecular flexibility index (Phi) is 13.9. The summed E-state index contributed by atoms with van der Waals surface area (Å²) in [4.78, 5) is 11.4. The van der Waals surface area contributed by atoms with E-state index < -0.39 is 25.7 Å². The third-order valence-electron chi connectivity index (χ3n) is 4.92. The van der Waals surface area contributed by atoms with Crippen LogP contribution in [0.5, 0.6) is 0 Å². The predicted molar refractivity (Wildman–Crippen MR) is 119 cm³/mol. The summed E-state index contributed by atoms with van der Waals surface area (Å²) < 4.78 is 19.9. The van der Waals surface area contributed by atoms with Gasteiger partial charge < -0.3 is 17.5 Å². The van der Waals surface area contributed by atoms with Crippen LogP contribution in [0, 0.1) is 0 Å². The van der Waals surface area contributed by atoms with Crippen molar-refractivity contribution in [3.63, 3.8) is 0 Å². The SMILES string of the molecule is CCC[Si](O)(CCC)O[Si](CCC)(CCC)O[Si](CCC)(CCC)OC. The van der Waals surface area contributed by atoms with Gasteiger partial charge in [-0.25, -0.2) is 0 Å². The molecule has 158 valence electrons. The lowest BCUT2D eigenvalue weighted by atomic mass is 10.6. The van der Waals surface area contributed by atoms with Gasteiger partial charge in [-0.1, -0.05) is 80.1 Å². The molecule has 0 saturated heterocycles. The third-order valence-corrected chi connectivity index (χ3v) is 19.3. The lowest BCUT2D eigenvalue weighted by molar-refractivity contribution is 0.236. The van der Waals surface area contributed by atoms with E-state index in [0.717, 1.165) is 74.8 Å². The molecule has 0 rings (SSSR count). The molecule has 0 heterocycles. The van der Waals surface area contributed by atoms with Crippen molar-refractivity contribution < 1.29 is 17.5 Å². The maximum Gasteiger partial charge on any atom is 0.329 e. The largest absolute Gasteiger partial charge is 0.415 e. The van der Waals surface area contributed by atoms with Crippen molar-refractivity contribution in [1.82, 2.24) is 0 Å². The van der Waals surface area contributed by atoms with Crippen LogP contribution in [0.15, 0.2) is 0 Å². The fourth-order valence-corrected chi connectivity index (χ4v) is 19.4. The Morgan fingerprint density at radius 2 is 0.885 bits per heavy atom. The van der Waals surface area contributed by atoms with Gasteiger partial charge in [0.1, 0.15) is 0 Å². The van der Waals surface area contributed by atoms with Crippen molar-refractivity contribution in [3.8, 4) is 0 Å². The molecule has 0 bridgehead atoms. The molecule has 0 saturated carbocycles. The lowest BCUT2D eigenvalue weighted by Crippen LogP contribution is -2.60. The zero-order valence-corrected chi connectivity index (χ0v) is 21.7. The summed E-state index contributed by atoms with van der Waals surface area (Å²) in [5.41, 5.74) is 0. The van der Waals surface area contributed by atoms with Crippen molar-refractivity contribution in [1.29, 1.82) is 0 Å². The summed E-state index contributed by atoms with van der Waals surface area (Å²) in [5, 5.41) is 0. The maximum absolute atomic E-state index is 11.4. The molecule has 7 heteroatoms. The summed E-state index contributed by atoms with van der Waals surface area (Å²) in [5.74, 6) is 0. The van der Waals surface area contributed by atoms with Crippen LogP contribution in [-0.4, -0.2) is 37.6 Å². The van der Waals surface area contributed by atoms with Gasteiger partial charge in [0.25, 0.3) is 0 Å². The lowest BCUT2D eigenvalue weighted by Gasteiger charge is -2.44. The van der Waals surface area contributed by atoms with Gasteiger partial charge in [0, 0.05) is 7.11 Å². The van der Waals surface area contributed by atoms with Crippen LogP contribution in [-0.2, 0) is 12.7 Å². The maximum atomic E-state index is 11.4. The average molecular weight is 423 g/mol. The van der Waals surface area contributed by atoms with Crippen molar-refractivity contribution in [2.75, 3.05) is 7.11 Å². The zero-order chi connectivity index (χ0) is 20.1. The van der Waals surface area contributed by atoms with Gasteiger partial charge in [0.15, 0.2) is 0 Å². The Hall–Kier alpha value is 0.491. The fraction of sp³-hybridized carbons (Fsp3) is 1.00. The molecule has 4 nitrogen and oxygen atoms in total. The molecule has 0 fully saturated rings. The number of hydrogen-bond donors (Lipinski definition) is 1. The van der Waals surface area contributed by atoms with Crippen LogP contribution in [0.4, 0.5) is 0 Å². The highest BCUT2D eigenvalue weighted by Crippen LogP contribution is 2.36. The summed E-state index contributed by atoms with van der Waals surface area (Å²) in [6.07, 6.45) is 6.19. The molecule has 0 aliphatic carbocycles. The van der Waals surface area contributed by atoms with Gasteiger partial charge in [-0.2, -0.15) is 0 Å². The molecule has 0 aliphatic rings. The molecule has 26 heavy (non-hydrogen) atoms. The van der Waals surface area contributed by atoms with E-state index >= 15 is 0 Å². The van der Waals surface area contributed by atoms with Gasteiger partial charge in [0.2, 0.25) is 0 Å². The predicted octanol–water partition coefficient (Wildman–Crippen LogP) is 6.44. The quantitative estimate of drug-likeness (QED) is 0.274. The van der Waals surface area contributed by atoms with Crippen molar-refractivity contribution >= 4 is 25.7 Å². The zero-order valence-electron chi connectivity index (χ0n) is 18.7. The van der Waals surface area contributed by atoms with Crippen LogP contribution < -0.4 is 0 Å². The van der Waals surface area contributed by atoms with Crippen molar-refractivity contribution in [2.45, 2.75) is 116 Å². The molecule has 1 N–H and O–H groups in total. The van der Waals surface area contributed by atoms with Crippen LogP contribution in [0.3, 0.4) is 0 Å². The Balaban J connectivity index is 5.82. The first-order chi connectivity index (χ1) is 12.3. The van der Waals surface area contributed by atoms with E-state index in [1.54, 1.807) is 0 Å². The highest BCUT2D eigenvalue weighted by Gasteiger charge is 2.51. The molecule has 0 aliphatic heterocycles. The third kappa shape index (κ3) is 8.67. The molecule has 0 amide bonds. The molecule has 0 atom stereocenters.